The lowest BCUT2D eigenvalue weighted by Gasteiger charge is -2.40. The number of fused-ring (bicyclic) bond motifs is 2. The summed E-state index contributed by atoms with van der Waals surface area (Å²) in [5.74, 6) is -0.532. The minimum atomic E-state index is -0.532. The van der Waals surface area contributed by atoms with Gasteiger partial charge in [-0.15, -0.1) is 5.10 Å². The first kappa shape index (κ1) is 30.4. The molecule has 3 aromatic carbocycles. The Balaban J connectivity index is 1.31. The first-order chi connectivity index (χ1) is 22.3. The molecule has 0 radical (unpaired) electrons. The summed E-state index contributed by atoms with van der Waals surface area (Å²) >= 11 is 12.9. The summed E-state index contributed by atoms with van der Waals surface area (Å²) in [6.45, 7) is 7.53. The molecule has 2 aromatic heterocycles. The molecule has 9 nitrogen and oxygen atoms in total. The van der Waals surface area contributed by atoms with E-state index in [4.69, 9.17) is 27.9 Å². The highest BCUT2D eigenvalue weighted by Crippen LogP contribution is 2.38. The van der Waals surface area contributed by atoms with Crippen molar-refractivity contribution in [3.8, 4) is 6.07 Å². The molecule has 2 aliphatic rings. The Hall–Kier alpha value is -4.27. The normalized spacial score (nSPS) is 15.8. The average molecular weight is 658 g/mol. The van der Waals surface area contributed by atoms with Crippen LogP contribution in [0.1, 0.15) is 53.9 Å². The number of nitrogens with zero attached hydrogens (tertiary/aromatic N) is 6. The highest BCUT2D eigenvalue weighted by atomic mass is 35.5. The van der Waals surface area contributed by atoms with E-state index in [1.807, 2.05) is 23.0 Å². The molecule has 0 saturated carbocycles. The third-order valence-electron chi connectivity index (χ3n) is 8.68. The molecule has 1 saturated heterocycles. The maximum Gasteiger partial charge on any atom is 0.141 e. The van der Waals surface area contributed by atoms with Crippen molar-refractivity contribution in [1.29, 1.82) is 5.26 Å². The van der Waals surface area contributed by atoms with Gasteiger partial charge in [0.2, 0.25) is 0 Å². The van der Waals surface area contributed by atoms with E-state index in [9.17, 15) is 9.65 Å². The van der Waals surface area contributed by atoms with Crippen molar-refractivity contribution in [3.63, 3.8) is 0 Å². The van der Waals surface area contributed by atoms with Crippen molar-refractivity contribution in [1.82, 2.24) is 24.9 Å². The van der Waals surface area contributed by atoms with Crippen LogP contribution in [0.4, 0.5) is 21.5 Å². The van der Waals surface area contributed by atoms with Crippen molar-refractivity contribution < 1.29 is 9.13 Å². The predicted molar refractivity (Wildman–Crippen MR) is 177 cm³/mol. The fourth-order valence-corrected chi connectivity index (χ4v) is 6.56. The lowest BCUT2D eigenvalue weighted by atomic mass is 9.89. The second-order valence-corrected chi connectivity index (χ2v) is 12.8. The van der Waals surface area contributed by atoms with Crippen LogP contribution in [0.3, 0.4) is 0 Å². The van der Waals surface area contributed by atoms with E-state index < -0.39 is 5.82 Å². The zero-order valence-corrected chi connectivity index (χ0v) is 26.8. The molecule has 46 heavy (non-hydrogen) atoms. The van der Waals surface area contributed by atoms with Crippen molar-refractivity contribution in [2.24, 2.45) is 0 Å². The molecule has 2 aliphatic heterocycles. The average Bonchev–Trinajstić information content (AvgIpc) is 3.51. The Bertz CT molecular complexity index is 1990. The van der Waals surface area contributed by atoms with E-state index in [1.165, 1.54) is 29.5 Å². The van der Waals surface area contributed by atoms with Crippen molar-refractivity contribution in [2.45, 2.75) is 44.9 Å². The van der Waals surface area contributed by atoms with E-state index >= 15 is 0 Å². The first-order valence-corrected chi connectivity index (χ1v) is 15.9. The monoisotopic (exact) mass is 656 g/mol. The Kier molecular flexibility index (Phi) is 8.25. The van der Waals surface area contributed by atoms with Crippen LogP contribution in [0.5, 0.6) is 0 Å². The van der Waals surface area contributed by atoms with Crippen LogP contribution in [0, 0.1) is 17.1 Å². The number of hydrogen-bond acceptors (Lipinski definition) is 8. The SMILES string of the molecule is CC(C)n1cc([C@@H](Nc2cc(Cl)c3ncc(C#N)c(Nc4ccc(F)c(Cl)c4)c3c2)c2cccc3c2CCN(C2COC2)C3)nn1. The Morgan fingerprint density at radius 2 is 1.91 bits per heavy atom. The van der Waals surface area contributed by atoms with Gasteiger partial charge in [-0.3, -0.25) is 9.88 Å². The zero-order chi connectivity index (χ0) is 31.9. The van der Waals surface area contributed by atoms with E-state index in [-0.39, 0.29) is 17.1 Å². The molecule has 0 unspecified atom stereocenters. The number of nitrogens with one attached hydrogen (secondary N) is 2. The Labute approximate surface area is 275 Å². The highest BCUT2D eigenvalue weighted by molar-refractivity contribution is 6.36. The summed E-state index contributed by atoms with van der Waals surface area (Å²) in [6.07, 6.45) is 4.35. The molecule has 0 bridgehead atoms. The molecule has 234 valence electrons. The van der Waals surface area contributed by atoms with E-state index in [1.54, 1.807) is 6.07 Å². The van der Waals surface area contributed by atoms with Crippen LogP contribution in [-0.4, -0.2) is 50.7 Å². The molecule has 5 aromatic rings. The third-order valence-corrected chi connectivity index (χ3v) is 9.26. The second-order valence-electron chi connectivity index (χ2n) is 12.0. The van der Waals surface area contributed by atoms with Gasteiger partial charge in [0.05, 0.1) is 58.3 Å². The number of halogens is 3. The van der Waals surface area contributed by atoms with Crippen LogP contribution in [0.2, 0.25) is 10.0 Å². The fourth-order valence-electron chi connectivity index (χ4n) is 6.11. The summed E-state index contributed by atoms with van der Waals surface area (Å²) in [7, 11) is 0. The lowest BCUT2D eigenvalue weighted by Crippen LogP contribution is -2.50. The van der Waals surface area contributed by atoms with Gasteiger partial charge in [0.1, 0.15) is 17.6 Å². The number of rotatable bonds is 8. The van der Waals surface area contributed by atoms with Crippen LogP contribution in [-0.2, 0) is 17.7 Å². The van der Waals surface area contributed by atoms with Gasteiger partial charge in [-0.25, -0.2) is 9.07 Å². The maximum atomic E-state index is 13.9. The molecule has 4 heterocycles. The topological polar surface area (TPSA) is 104 Å². The van der Waals surface area contributed by atoms with Gasteiger partial charge in [-0.05, 0) is 67.3 Å². The molecular formula is C34H31Cl2FN8O. The van der Waals surface area contributed by atoms with E-state index in [2.05, 4.69) is 68.9 Å². The van der Waals surface area contributed by atoms with Crippen molar-refractivity contribution in [3.05, 3.63) is 105 Å². The highest BCUT2D eigenvalue weighted by Gasteiger charge is 2.31. The minimum absolute atomic E-state index is 0.0325. The van der Waals surface area contributed by atoms with Crippen LogP contribution in [0.25, 0.3) is 10.9 Å². The van der Waals surface area contributed by atoms with Crippen LogP contribution in [0.15, 0.2) is 60.9 Å². The van der Waals surface area contributed by atoms with Crippen molar-refractivity contribution >= 4 is 51.2 Å². The van der Waals surface area contributed by atoms with Gasteiger partial charge < -0.3 is 15.4 Å². The summed E-state index contributed by atoms with van der Waals surface area (Å²) < 4.78 is 21.2. The molecular weight excluding hydrogens is 626 g/mol. The number of anilines is 3. The second kappa shape index (κ2) is 12.5. The molecule has 1 fully saturated rings. The van der Waals surface area contributed by atoms with Gasteiger partial charge in [0.25, 0.3) is 0 Å². The smallest absolute Gasteiger partial charge is 0.141 e. The number of benzene rings is 3. The van der Waals surface area contributed by atoms with Crippen LogP contribution >= 0.6 is 23.2 Å². The zero-order valence-electron chi connectivity index (χ0n) is 25.3. The molecule has 7 rings (SSSR count). The lowest BCUT2D eigenvalue weighted by molar-refractivity contribution is -0.0695. The van der Waals surface area contributed by atoms with Gasteiger partial charge in [0.15, 0.2) is 0 Å². The van der Waals surface area contributed by atoms with Gasteiger partial charge in [0, 0.05) is 42.1 Å². The van der Waals surface area contributed by atoms with Gasteiger partial charge >= 0.3 is 0 Å². The Morgan fingerprint density at radius 3 is 2.63 bits per heavy atom. The van der Waals surface area contributed by atoms with E-state index in [0.717, 1.165) is 44.0 Å². The summed E-state index contributed by atoms with van der Waals surface area (Å²) in [4.78, 5) is 6.99. The fraction of sp³-hybridized carbons (Fsp3) is 0.294. The van der Waals surface area contributed by atoms with Gasteiger partial charge in [-0.1, -0.05) is 46.6 Å². The number of pyridine rings is 1. The van der Waals surface area contributed by atoms with E-state index in [0.29, 0.717) is 44.6 Å². The predicted octanol–water partition coefficient (Wildman–Crippen LogP) is 7.43. The molecule has 1 atom stereocenters. The quantitative estimate of drug-likeness (QED) is 0.178. The third kappa shape index (κ3) is 5.76. The van der Waals surface area contributed by atoms with Crippen LogP contribution < -0.4 is 10.6 Å². The van der Waals surface area contributed by atoms with Crippen molar-refractivity contribution in [2.75, 3.05) is 30.4 Å². The molecule has 2 N–H and O–H groups in total. The minimum Gasteiger partial charge on any atom is -0.378 e. The molecule has 12 heteroatoms. The summed E-state index contributed by atoms with van der Waals surface area (Å²) in [5, 5.41) is 26.9. The molecule has 0 amide bonds. The standard InChI is InChI=1S/C34H31Cl2FN8O/c1-19(2)45-16-31(42-43-45)34(26-5-3-4-20-15-44(9-8-25(20)26)24-17-46-18-24)41-23-10-27-32(40-22-6-7-30(37)28(35)11-22)21(13-38)14-39-33(27)29(36)12-23/h3-7,10-12,14,16,19,24,34,41H,8-9,15,17-18H2,1-2H3,(H,39,40)/t34-/m0/s1. The number of nitriles is 1. The molecule has 0 spiro atoms. The molecule has 0 aliphatic carbocycles. The first-order valence-electron chi connectivity index (χ1n) is 15.1. The van der Waals surface area contributed by atoms with Gasteiger partial charge in [-0.2, -0.15) is 5.26 Å². The number of hydrogen-bond donors (Lipinski definition) is 2. The number of aromatic nitrogens is 4. The Morgan fingerprint density at radius 1 is 1.09 bits per heavy atom. The largest absolute Gasteiger partial charge is 0.378 e. The maximum absolute atomic E-state index is 13.9. The number of ether oxygens (including phenoxy) is 1. The summed E-state index contributed by atoms with van der Waals surface area (Å²) in [6, 6.07) is 17.0. The summed E-state index contributed by atoms with van der Waals surface area (Å²) in [5.41, 5.74) is 7.02.